The molecule has 8 nitrogen and oxygen atoms in total. The largest absolute Gasteiger partial charge is 0.466 e. The van der Waals surface area contributed by atoms with Gasteiger partial charge in [0.1, 0.15) is 23.7 Å². The van der Waals surface area contributed by atoms with Crippen LogP contribution in [0.3, 0.4) is 0 Å². The standard InChI is InChI=1S/C20H19N3O5S/c1-14(24)23-16(13-29-19(23)17-8-5-11-27-17)20(26)28-12-18(25)22(10-9-21)15-6-3-2-4-7-15/h2-8,11,16,19H,10,12-13H2,1H3/t16-,19-/m0/s1. The molecule has 9 heteroatoms. The van der Waals surface area contributed by atoms with Crippen molar-refractivity contribution in [1.82, 2.24) is 4.90 Å². The molecule has 0 N–H and O–H groups in total. The van der Waals surface area contributed by atoms with E-state index in [0.29, 0.717) is 17.2 Å². The average molecular weight is 413 g/mol. The molecule has 0 spiro atoms. The maximum absolute atomic E-state index is 12.6. The van der Waals surface area contributed by atoms with E-state index in [1.807, 2.05) is 6.07 Å². The van der Waals surface area contributed by atoms with Crippen LogP contribution in [0.1, 0.15) is 18.1 Å². The van der Waals surface area contributed by atoms with Crippen LogP contribution in [0, 0.1) is 11.3 Å². The molecular weight excluding hydrogens is 394 g/mol. The van der Waals surface area contributed by atoms with Crippen LogP contribution >= 0.6 is 11.8 Å². The van der Waals surface area contributed by atoms with E-state index in [2.05, 4.69) is 0 Å². The van der Waals surface area contributed by atoms with Gasteiger partial charge in [0.15, 0.2) is 6.61 Å². The third-order valence-corrected chi connectivity index (χ3v) is 5.64. The average Bonchev–Trinajstić information content (AvgIpc) is 3.40. The number of hydrogen-bond donors (Lipinski definition) is 0. The summed E-state index contributed by atoms with van der Waals surface area (Å²) in [4.78, 5) is 39.9. The first-order chi connectivity index (χ1) is 14.0. The van der Waals surface area contributed by atoms with Crippen LogP contribution in [0.5, 0.6) is 0 Å². The van der Waals surface area contributed by atoms with Gasteiger partial charge in [-0.1, -0.05) is 18.2 Å². The van der Waals surface area contributed by atoms with Crippen molar-refractivity contribution >= 4 is 35.2 Å². The van der Waals surface area contributed by atoms with Crippen molar-refractivity contribution in [3.8, 4) is 6.07 Å². The molecule has 29 heavy (non-hydrogen) atoms. The van der Waals surface area contributed by atoms with Crippen LogP contribution in [-0.4, -0.2) is 47.6 Å². The number of furan rings is 1. The van der Waals surface area contributed by atoms with Crippen LogP contribution in [0.15, 0.2) is 53.1 Å². The zero-order valence-corrected chi connectivity index (χ0v) is 16.5. The molecule has 0 aliphatic carbocycles. The van der Waals surface area contributed by atoms with Crippen molar-refractivity contribution in [2.45, 2.75) is 18.3 Å². The van der Waals surface area contributed by atoms with Crippen molar-refractivity contribution < 1.29 is 23.5 Å². The van der Waals surface area contributed by atoms with Gasteiger partial charge in [-0.05, 0) is 24.3 Å². The number of thioether (sulfide) groups is 1. The summed E-state index contributed by atoms with van der Waals surface area (Å²) in [6.07, 6.45) is 1.51. The molecule has 0 unspecified atom stereocenters. The number of amides is 2. The first-order valence-corrected chi connectivity index (χ1v) is 9.90. The number of benzene rings is 1. The minimum Gasteiger partial charge on any atom is -0.466 e. The molecule has 1 fully saturated rings. The van der Waals surface area contributed by atoms with Crippen LogP contribution in [0.2, 0.25) is 0 Å². The number of nitrogens with zero attached hydrogens (tertiary/aromatic N) is 3. The van der Waals surface area contributed by atoms with Gasteiger partial charge >= 0.3 is 5.97 Å². The Balaban J connectivity index is 1.65. The van der Waals surface area contributed by atoms with E-state index < -0.39 is 29.9 Å². The second-order valence-corrected chi connectivity index (χ2v) is 7.34. The van der Waals surface area contributed by atoms with Crippen molar-refractivity contribution in [2.24, 2.45) is 0 Å². The Labute approximate surface area is 172 Å². The van der Waals surface area contributed by atoms with Crippen LogP contribution in [0.4, 0.5) is 5.69 Å². The number of hydrogen-bond acceptors (Lipinski definition) is 7. The van der Waals surface area contributed by atoms with Crippen LogP contribution in [0.25, 0.3) is 0 Å². The van der Waals surface area contributed by atoms with Gasteiger partial charge in [-0.3, -0.25) is 14.5 Å². The molecule has 1 aliphatic heterocycles. The number of carbonyl (C=O) groups excluding carboxylic acids is 3. The number of rotatable bonds is 6. The summed E-state index contributed by atoms with van der Waals surface area (Å²) < 4.78 is 10.6. The zero-order valence-electron chi connectivity index (χ0n) is 15.7. The number of para-hydroxylation sites is 1. The molecule has 0 saturated carbocycles. The fraction of sp³-hybridized carbons (Fsp3) is 0.300. The molecule has 2 atom stereocenters. The Bertz CT molecular complexity index is 910. The predicted molar refractivity (Wildman–Crippen MR) is 106 cm³/mol. The van der Waals surface area contributed by atoms with Crippen molar-refractivity contribution in [2.75, 3.05) is 23.8 Å². The van der Waals surface area contributed by atoms with E-state index in [4.69, 9.17) is 14.4 Å². The topological polar surface area (TPSA) is 104 Å². The SMILES string of the molecule is CC(=O)N1[C@H](C(=O)OCC(=O)N(CC#N)c2ccccc2)CS[C@H]1c1ccco1. The molecule has 0 radical (unpaired) electrons. The number of esters is 1. The maximum Gasteiger partial charge on any atom is 0.330 e. The van der Waals surface area contributed by atoms with Gasteiger partial charge < -0.3 is 14.1 Å². The fourth-order valence-electron chi connectivity index (χ4n) is 3.03. The molecule has 2 amide bonds. The van der Waals surface area contributed by atoms with Gasteiger partial charge in [0.25, 0.3) is 5.91 Å². The summed E-state index contributed by atoms with van der Waals surface area (Å²) >= 11 is 1.39. The third-order valence-electron chi connectivity index (χ3n) is 4.36. The Morgan fingerprint density at radius 2 is 2.03 bits per heavy atom. The molecular formula is C20H19N3O5S. The molecule has 3 rings (SSSR count). The predicted octanol–water partition coefficient (Wildman–Crippen LogP) is 2.34. The lowest BCUT2D eigenvalue weighted by molar-refractivity contribution is -0.155. The minimum absolute atomic E-state index is 0.167. The monoisotopic (exact) mass is 413 g/mol. The van der Waals surface area contributed by atoms with Crippen LogP contribution < -0.4 is 4.90 Å². The number of ether oxygens (including phenoxy) is 1. The van der Waals surface area contributed by atoms with E-state index in [1.165, 1.54) is 34.7 Å². The molecule has 0 bridgehead atoms. The maximum atomic E-state index is 12.6. The van der Waals surface area contributed by atoms with Gasteiger partial charge in [0.05, 0.1) is 12.3 Å². The Kier molecular flexibility index (Phi) is 6.57. The molecule has 1 aromatic carbocycles. The summed E-state index contributed by atoms with van der Waals surface area (Å²) in [5.74, 6) is -0.576. The Hall–Kier alpha value is -3.25. The highest BCUT2D eigenvalue weighted by Crippen LogP contribution is 2.41. The van der Waals surface area contributed by atoms with Crippen molar-refractivity contribution in [1.29, 1.82) is 5.26 Å². The normalized spacial score (nSPS) is 18.1. The van der Waals surface area contributed by atoms with E-state index in [0.717, 1.165) is 0 Å². The number of carbonyl (C=O) groups is 3. The van der Waals surface area contributed by atoms with Crippen LogP contribution in [-0.2, 0) is 19.1 Å². The summed E-state index contributed by atoms with van der Waals surface area (Å²) in [6, 6.07) is 13.2. The summed E-state index contributed by atoms with van der Waals surface area (Å²) in [5.41, 5.74) is 0.537. The lowest BCUT2D eigenvalue weighted by atomic mass is 10.2. The highest BCUT2D eigenvalue weighted by molar-refractivity contribution is 7.99. The van der Waals surface area contributed by atoms with E-state index in [9.17, 15) is 14.4 Å². The van der Waals surface area contributed by atoms with Crippen molar-refractivity contribution in [3.63, 3.8) is 0 Å². The third kappa shape index (κ3) is 4.60. The Morgan fingerprint density at radius 3 is 2.66 bits per heavy atom. The van der Waals surface area contributed by atoms with Gasteiger partial charge in [-0.2, -0.15) is 5.26 Å². The fourth-order valence-corrected chi connectivity index (χ4v) is 4.45. The molecule has 1 aliphatic rings. The first kappa shape index (κ1) is 20.5. The van der Waals surface area contributed by atoms with E-state index in [1.54, 1.807) is 42.5 Å². The molecule has 2 heterocycles. The second kappa shape index (κ2) is 9.30. The summed E-state index contributed by atoms with van der Waals surface area (Å²) in [5, 5.41) is 8.58. The van der Waals surface area contributed by atoms with Gasteiger partial charge in [-0.25, -0.2) is 4.79 Å². The molecule has 150 valence electrons. The van der Waals surface area contributed by atoms with Crippen molar-refractivity contribution in [3.05, 3.63) is 54.5 Å². The van der Waals surface area contributed by atoms with E-state index in [-0.39, 0.29) is 12.5 Å². The lowest BCUT2D eigenvalue weighted by Crippen LogP contribution is -2.44. The van der Waals surface area contributed by atoms with E-state index >= 15 is 0 Å². The van der Waals surface area contributed by atoms with Gasteiger partial charge in [0.2, 0.25) is 5.91 Å². The highest BCUT2D eigenvalue weighted by atomic mass is 32.2. The quantitative estimate of drug-likeness (QED) is 0.529. The second-order valence-electron chi connectivity index (χ2n) is 6.22. The summed E-state index contributed by atoms with van der Waals surface area (Å²) in [7, 11) is 0. The van der Waals surface area contributed by atoms with Gasteiger partial charge in [-0.15, -0.1) is 11.8 Å². The first-order valence-electron chi connectivity index (χ1n) is 8.86. The lowest BCUT2D eigenvalue weighted by Gasteiger charge is -2.26. The smallest absolute Gasteiger partial charge is 0.330 e. The Morgan fingerprint density at radius 1 is 1.28 bits per heavy atom. The number of nitriles is 1. The molecule has 1 saturated heterocycles. The zero-order chi connectivity index (χ0) is 20.8. The highest BCUT2D eigenvalue weighted by Gasteiger charge is 2.43. The summed E-state index contributed by atoms with van der Waals surface area (Å²) in [6.45, 7) is 0.685. The molecule has 1 aromatic heterocycles. The number of anilines is 1. The van der Waals surface area contributed by atoms with Gasteiger partial charge in [0, 0.05) is 18.4 Å². The minimum atomic E-state index is -0.818. The molecule has 2 aromatic rings.